The summed E-state index contributed by atoms with van der Waals surface area (Å²) in [6, 6.07) is 7.66. The average Bonchev–Trinajstić information content (AvgIpc) is 2.43. The van der Waals surface area contributed by atoms with Crippen LogP contribution in [0.15, 0.2) is 41.5 Å². The highest BCUT2D eigenvalue weighted by atomic mass is 16.1. The number of hydrogen-bond donors (Lipinski definition) is 1. The molecule has 5 heteroatoms. The van der Waals surface area contributed by atoms with Gasteiger partial charge in [0, 0.05) is 38.2 Å². The zero-order chi connectivity index (χ0) is 15.4. The van der Waals surface area contributed by atoms with Gasteiger partial charge in [0.05, 0.1) is 0 Å². The summed E-state index contributed by atoms with van der Waals surface area (Å²) in [6.45, 7) is 5.41. The Morgan fingerprint density at radius 3 is 2.71 bits per heavy atom. The Bertz CT molecular complexity index is 663. The third kappa shape index (κ3) is 3.62. The molecule has 0 spiro atoms. The molecule has 0 bridgehead atoms. The summed E-state index contributed by atoms with van der Waals surface area (Å²) >= 11 is 0. The van der Waals surface area contributed by atoms with Crippen molar-refractivity contribution in [3.05, 3.63) is 52.6 Å². The van der Waals surface area contributed by atoms with Crippen LogP contribution in [0.1, 0.15) is 19.4 Å². The van der Waals surface area contributed by atoms with E-state index in [9.17, 15) is 4.79 Å². The predicted molar refractivity (Wildman–Crippen MR) is 86.3 cm³/mol. The molecule has 2 rings (SSSR count). The molecule has 1 heterocycles. The van der Waals surface area contributed by atoms with Crippen LogP contribution in [-0.2, 0) is 13.1 Å². The van der Waals surface area contributed by atoms with Crippen LogP contribution in [0.5, 0.6) is 0 Å². The number of nitrogens with two attached hydrogens (primary N) is 1. The molecule has 0 amide bonds. The molecule has 0 unspecified atom stereocenters. The largest absolute Gasteiger partial charge is 0.398 e. The number of aromatic nitrogens is 2. The molecule has 0 saturated carbocycles. The van der Waals surface area contributed by atoms with Crippen molar-refractivity contribution in [2.75, 3.05) is 17.7 Å². The first-order chi connectivity index (χ1) is 9.99. The van der Waals surface area contributed by atoms with E-state index in [2.05, 4.69) is 18.8 Å². The van der Waals surface area contributed by atoms with Crippen molar-refractivity contribution >= 4 is 11.5 Å². The van der Waals surface area contributed by atoms with Crippen molar-refractivity contribution in [3.63, 3.8) is 0 Å². The van der Waals surface area contributed by atoms with Gasteiger partial charge in [-0.2, -0.15) is 0 Å². The summed E-state index contributed by atoms with van der Waals surface area (Å²) in [5.41, 5.74) is 7.60. The van der Waals surface area contributed by atoms with Crippen LogP contribution >= 0.6 is 0 Å². The molecule has 0 atom stereocenters. The molecule has 0 aliphatic heterocycles. The number of benzene rings is 1. The van der Waals surface area contributed by atoms with Crippen LogP contribution < -0.4 is 16.2 Å². The van der Waals surface area contributed by atoms with Gasteiger partial charge in [0.1, 0.15) is 0 Å². The lowest BCUT2D eigenvalue weighted by Crippen LogP contribution is -2.31. The lowest BCUT2D eigenvalue weighted by atomic mass is 10.2. The standard InChI is InChI=1S/C16H22N4O/c1-12(2)10-20-9-8-18-15(16(20)21)19(3)11-13-6-4-5-7-14(13)17/h4-9,12H,10-11,17H2,1-3H3. The number of para-hydroxylation sites is 1. The van der Waals surface area contributed by atoms with Gasteiger partial charge in [-0.05, 0) is 17.5 Å². The molecule has 0 aliphatic rings. The van der Waals surface area contributed by atoms with Gasteiger partial charge in [0.15, 0.2) is 5.82 Å². The number of nitrogen functional groups attached to an aromatic ring is 1. The minimum absolute atomic E-state index is 0.0665. The first-order valence-corrected chi connectivity index (χ1v) is 7.09. The Morgan fingerprint density at radius 1 is 1.33 bits per heavy atom. The number of anilines is 2. The second kappa shape index (κ2) is 6.43. The second-order valence-corrected chi connectivity index (χ2v) is 5.66. The topological polar surface area (TPSA) is 64.2 Å². The summed E-state index contributed by atoms with van der Waals surface area (Å²) < 4.78 is 1.71. The molecule has 2 aromatic rings. The number of hydrogen-bond acceptors (Lipinski definition) is 4. The zero-order valence-electron chi connectivity index (χ0n) is 12.8. The van der Waals surface area contributed by atoms with Gasteiger partial charge in [0.2, 0.25) is 0 Å². The fraction of sp³-hybridized carbons (Fsp3) is 0.375. The molecule has 1 aromatic carbocycles. The van der Waals surface area contributed by atoms with Crippen molar-refractivity contribution in [2.45, 2.75) is 26.9 Å². The van der Waals surface area contributed by atoms with E-state index in [4.69, 9.17) is 5.73 Å². The van der Waals surface area contributed by atoms with Gasteiger partial charge < -0.3 is 15.2 Å². The van der Waals surface area contributed by atoms with Crippen LogP contribution in [-0.4, -0.2) is 16.6 Å². The van der Waals surface area contributed by atoms with E-state index in [1.165, 1.54) is 0 Å². The molecule has 1 aromatic heterocycles. The van der Waals surface area contributed by atoms with Crippen molar-refractivity contribution in [1.82, 2.24) is 9.55 Å². The minimum Gasteiger partial charge on any atom is -0.398 e. The fourth-order valence-corrected chi connectivity index (χ4v) is 2.24. The van der Waals surface area contributed by atoms with Gasteiger partial charge in [-0.3, -0.25) is 4.79 Å². The number of rotatable bonds is 5. The monoisotopic (exact) mass is 286 g/mol. The molecular weight excluding hydrogens is 264 g/mol. The summed E-state index contributed by atoms with van der Waals surface area (Å²) in [5.74, 6) is 0.856. The van der Waals surface area contributed by atoms with Gasteiger partial charge in [-0.25, -0.2) is 4.98 Å². The maximum atomic E-state index is 12.4. The fourth-order valence-electron chi connectivity index (χ4n) is 2.24. The third-order valence-electron chi connectivity index (χ3n) is 3.28. The maximum Gasteiger partial charge on any atom is 0.293 e. The van der Waals surface area contributed by atoms with E-state index in [-0.39, 0.29) is 5.56 Å². The van der Waals surface area contributed by atoms with Crippen molar-refractivity contribution in [3.8, 4) is 0 Å². The Labute approximate surface area is 125 Å². The SMILES string of the molecule is CC(C)Cn1ccnc(N(C)Cc2ccccc2N)c1=O. The molecule has 5 nitrogen and oxygen atoms in total. The van der Waals surface area contributed by atoms with Crippen LogP contribution in [0, 0.1) is 5.92 Å². The first kappa shape index (κ1) is 15.1. The highest BCUT2D eigenvalue weighted by molar-refractivity contribution is 5.49. The van der Waals surface area contributed by atoms with Gasteiger partial charge in [-0.1, -0.05) is 32.0 Å². The highest BCUT2D eigenvalue weighted by Gasteiger charge is 2.12. The molecular formula is C16H22N4O. The van der Waals surface area contributed by atoms with E-state index in [0.29, 0.717) is 24.8 Å². The van der Waals surface area contributed by atoms with Crippen molar-refractivity contribution in [2.24, 2.45) is 5.92 Å². The Kier molecular flexibility index (Phi) is 4.62. The molecule has 21 heavy (non-hydrogen) atoms. The van der Waals surface area contributed by atoms with Crippen LogP contribution in [0.2, 0.25) is 0 Å². The third-order valence-corrected chi connectivity index (χ3v) is 3.28. The van der Waals surface area contributed by atoms with E-state index in [1.807, 2.05) is 36.2 Å². The first-order valence-electron chi connectivity index (χ1n) is 7.09. The highest BCUT2D eigenvalue weighted by Crippen LogP contribution is 2.14. The van der Waals surface area contributed by atoms with Gasteiger partial charge >= 0.3 is 0 Å². The minimum atomic E-state index is -0.0665. The Morgan fingerprint density at radius 2 is 2.05 bits per heavy atom. The summed E-state index contributed by atoms with van der Waals surface area (Å²) in [5, 5.41) is 0. The van der Waals surface area contributed by atoms with E-state index in [1.54, 1.807) is 17.0 Å². The van der Waals surface area contributed by atoms with Crippen LogP contribution in [0.25, 0.3) is 0 Å². The second-order valence-electron chi connectivity index (χ2n) is 5.66. The Hall–Kier alpha value is -2.30. The van der Waals surface area contributed by atoms with Crippen molar-refractivity contribution < 1.29 is 0 Å². The van der Waals surface area contributed by atoms with Crippen LogP contribution in [0.3, 0.4) is 0 Å². The summed E-state index contributed by atoms with van der Waals surface area (Å²) in [6.07, 6.45) is 3.40. The molecule has 0 aliphatic carbocycles. The molecule has 0 saturated heterocycles. The Balaban J connectivity index is 2.26. The van der Waals surface area contributed by atoms with E-state index < -0.39 is 0 Å². The normalized spacial score (nSPS) is 10.9. The maximum absolute atomic E-state index is 12.4. The molecule has 2 N–H and O–H groups in total. The number of nitrogens with zero attached hydrogens (tertiary/aromatic N) is 3. The lowest BCUT2D eigenvalue weighted by Gasteiger charge is -2.19. The average molecular weight is 286 g/mol. The van der Waals surface area contributed by atoms with Crippen LogP contribution in [0.4, 0.5) is 11.5 Å². The summed E-state index contributed by atoms with van der Waals surface area (Å²) in [7, 11) is 1.86. The van der Waals surface area contributed by atoms with E-state index in [0.717, 1.165) is 11.3 Å². The molecule has 0 radical (unpaired) electrons. The van der Waals surface area contributed by atoms with Gasteiger partial charge in [-0.15, -0.1) is 0 Å². The van der Waals surface area contributed by atoms with Gasteiger partial charge in [0.25, 0.3) is 5.56 Å². The molecule has 0 fully saturated rings. The molecule has 112 valence electrons. The lowest BCUT2D eigenvalue weighted by molar-refractivity contribution is 0.508. The quantitative estimate of drug-likeness (QED) is 0.855. The zero-order valence-corrected chi connectivity index (χ0v) is 12.8. The predicted octanol–water partition coefficient (Wildman–Crippen LogP) is 2.12. The van der Waals surface area contributed by atoms with E-state index >= 15 is 0 Å². The smallest absolute Gasteiger partial charge is 0.293 e. The summed E-state index contributed by atoms with van der Waals surface area (Å²) in [4.78, 5) is 18.5. The van der Waals surface area contributed by atoms with Crippen molar-refractivity contribution in [1.29, 1.82) is 0 Å².